The predicted octanol–water partition coefficient (Wildman–Crippen LogP) is 0.641. The molecule has 0 radical (unpaired) electrons. The van der Waals surface area contributed by atoms with E-state index in [0.717, 1.165) is 30.9 Å². The molecule has 1 saturated heterocycles. The molecule has 0 aromatic carbocycles. The minimum absolute atomic E-state index is 0.381. The highest BCUT2D eigenvalue weighted by Gasteiger charge is 2.24. The van der Waals surface area contributed by atoms with E-state index in [1.165, 1.54) is 6.42 Å². The summed E-state index contributed by atoms with van der Waals surface area (Å²) in [6.07, 6.45) is 3.99. The molecular weight excluding hydrogens is 246 g/mol. The Morgan fingerprint density at radius 2 is 2.33 bits per heavy atom. The zero-order valence-electron chi connectivity index (χ0n) is 10.8. The third-order valence-corrected chi connectivity index (χ3v) is 3.61. The minimum Gasteiger partial charge on any atom is -0.389 e. The lowest BCUT2D eigenvalue weighted by Gasteiger charge is -2.37. The van der Waals surface area contributed by atoms with Crippen LogP contribution < -0.4 is 10.6 Å². The zero-order chi connectivity index (χ0) is 13.1. The van der Waals surface area contributed by atoms with Gasteiger partial charge in [0.15, 0.2) is 5.82 Å². The average Bonchev–Trinajstić information content (AvgIpc) is 2.39. The molecule has 0 aliphatic carbocycles. The first-order valence-electron chi connectivity index (χ1n) is 6.12. The number of anilines is 1. The molecular formula is C12H19N5S. The fraction of sp³-hybridized carbons (Fsp3) is 0.583. The van der Waals surface area contributed by atoms with Gasteiger partial charge >= 0.3 is 0 Å². The van der Waals surface area contributed by atoms with Crippen molar-refractivity contribution in [2.75, 3.05) is 32.1 Å². The maximum Gasteiger partial charge on any atom is 0.161 e. The Kier molecular flexibility index (Phi) is 4.08. The van der Waals surface area contributed by atoms with Crippen molar-refractivity contribution < 1.29 is 0 Å². The summed E-state index contributed by atoms with van der Waals surface area (Å²) in [6.45, 7) is 1.93. The van der Waals surface area contributed by atoms with Crippen molar-refractivity contribution >= 4 is 23.0 Å². The van der Waals surface area contributed by atoms with Crippen LogP contribution in [-0.2, 0) is 0 Å². The van der Waals surface area contributed by atoms with E-state index in [4.69, 9.17) is 18.0 Å². The van der Waals surface area contributed by atoms with E-state index in [2.05, 4.69) is 34.1 Å². The summed E-state index contributed by atoms with van der Waals surface area (Å²) >= 11 is 5.07. The Morgan fingerprint density at radius 1 is 1.56 bits per heavy atom. The van der Waals surface area contributed by atoms with Gasteiger partial charge in [0.25, 0.3) is 0 Å². The second-order valence-corrected chi connectivity index (χ2v) is 5.28. The smallest absolute Gasteiger partial charge is 0.161 e. The minimum atomic E-state index is 0.381. The van der Waals surface area contributed by atoms with Crippen LogP contribution in [0.3, 0.4) is 0 Å². The fourth-order valence-corrected chi connectivity index (χ4v) is 2.48. The van der Waals surface area contributed by atoms with Crippen LogP contribution in [-0.4, -0.2) is 53.3 Å². The standard InChI is InChI=1S/C12H19N5S/c1-16(2)9-4-3-7-17(8-9)12-10(11(13)18)5-6-14-15-12/h5-6,9H,3-4,7-8H2,1-2H3,(H2,13,18). The Morgan fingerprint density at radius 3 is 3.00 bits per heavy atom. The Hall–Kier alpha value is -1.27. The SMILES string of the molecule is CN(C)C1CCCN(c2nnccc2C(N)=S)C1. The van der Waals surface area contributed by atoms with Crippen molar-refractivity contribution in [1.29, 1.82) is 0 Å². The van der Waals surface area contributed by atoms with Gasteiger partial charge in [-0.3, -0.25) is 0 Å². The maximum absolute atomic E-state index is 5.74. The van der Waals surface area contributed by atoms with E-state index in [-0.39, 0.29) is 0 Å². The summed E-state index contributed by atoms with van der Waals surface area (Å²) in [5.74, 6) is 0.816. The summed E-state index contributed by atoms with van der Waals surface area (Å²) in [5.41, 5.74) is 6.56. The lowest BCUT2D eigenvalue weighted by molar-refractivity contribution is 0.257. The van der Waals surface area contributed by atoms with Gasteiger partial charge in [-0.2, -0.15) is 5.10 Å². The van der Waals surface area contributed by atoms with Crippen LogP contribution in [0.15, 0.2) is 12.3 Å². The first kappa shape index (κ1) is 13.2. The van der Waals surface area contributed by atoms with Gasteiger partial charge in [0.2, 0.25) is 0 Å². The van der Waals surface area contributed by atoms with E-state index < -0.39 is 0 Å². The van der Waals surface area contributed by atoms with E-state index in [0.29, 0.717) is 11.0 Å². The highest BCUT2D eigenvalue weighted by atomic mass is 32.1. The van der Waals surface area contributed by atoms with Crippen molar-refractivity contribution in [2.24, 2.45) is 5.73 Å². The monoisotopic (exact) mass is 265 g/mol. The van der Waals surface area contributed by atoms with Crippen molar-refractivity contribution in [3.63, 3.8) is 0 Å². The molecule has 0 bridgehead atoms. The molecule has 1 aromatic heterocycles. The zero-order valence-corrected chi connectivity index (χ0v) is 11.7. The Bertz CT molecular complexity index is 434. The molecule has 1 aromatic rings. The third kappa shape index (κ3) is 2.76. The average molecular weight is 265 g/mol. The second-order valence-electron chi connectivity index (χ2n) is 4.84. The number of hydrogen-bond donors (Lipinski definition) is 1. The molecule has 18 heavy (non-hydrogen) atoms. The fourth-order valence-electron chi connectivity index (χ4n) is 2.32. The van der Waals surface area contributed by atoms with Gasteiger partial charge in [-0.15, -0.1) is 5.10 Å². The highest BCUT2D eigenvalue weighted by Crippen LogP contribution is 2.22. The van der Waals surface area contributed by atoms with E-state index in [1.54, 1.807) is 6.20 Å². The number of thiocarbonyl (C=S) groups is 1. The molecule has 98 valence electrons. The van der Waals surface area contributed by atoms with Crippen molar-refractivity contribution in [2.45, 2.75) is 18.9 Å². The molecule has 1 aliphatic heterocycles. The van der Waals surface area contributed by atoms with E-state index in [9.17, 15) is 0 Å². The molecule has 5 nitrogen and oxygen atoms in total. The van der Waals surface area contributed by atoms with Crippen LogP contribution in [0.5, 0.6) is 0 Å². The number of likely N-dealkylation sites (N-methyl/N-ethyl adjacent to an activating group) is 1. The van der Waals surface area contributed by atoms with Gasteiger partial charge in [0, 0.05) is 19.1 Å². The van der Waals surface area contributed by atoms with Gasteiger partial charge in [-0.1, -0.05) is 12.2 Å². The molecule has 2 heterocycles. The van der Waals surface area contributed by atoms with Crippen molar-refractivity contribution in [3.05, 3.63) is 17.8 Å². The topological polar surface area (TPSA) is 58.3 Å². The molecule has 0 saturated carbocycles. The first-order chi connectivity index (χ1) is 8.59. The third-order valence-electron chi connectivity index (χ3n) is 3.39. The molecule has 2 rings (SSSR count). The molecule has 1 unspecified atom stereocenters. The number of piperidine rings is 1. The van der Waals surface area contributed by atoms with Crippen LogP contribution in [0.1, 0.15) is 18.4 Å². The number of hydrogen-bond acceptors (Lipinski definition) is 5. The lowest BCUT2D eigenvalue weighted by atomic mass is 10.0. The largest absolute Gasteiger partial charge is 0.389 e. The van der Waals surface area contributed by atoms with Crippen molar-refractivity contribution in [3.8, 4) is 0 Å². The van der Waals surface area contributed by atoms with Gasteiger partial charge in [0.05, 0.1) is 11.8 Å². The molecule has 6 heteroatoms. The van der Waals surface area contributed by atoms with Gasteiger partial charge in [0.1, 0.15) is 4.99 Å². The Balaban J connectivity index is 2.23. The van der Waals surface area contributed by atoms with Crippen LogP contribution in [0.4, 0.5) is 5.82 Å². The molecule has 0 spiro atoms. The molecule has 1 fully saturated rings. The van der Waals surface area contributed by atoms with E-state index in [1.807, 2.05) is 6.07 Å². The molecule has 0 amide bonds. The second kappa shape index (κ2) is 5.58. The Labute approximate surface area is 113 Å². The highest BCUT2D eigenvalue weighted by molar-refractivity contribution is 7.80. The van der Waals surface area contributed by atoms with Gasteiger partial charge in [-0.25, -0.2) is 0 Å². The van der Waals surface area contributed by atoms with Crippen LogP contribution >= 0.6 is 12.2 Å². The number of rotatable bonds is 3. The van der Waals surface area contributed by atoms with E-state index >= 15 is 0 Å². The van der Waals surface area contributed by atoms with Gasteiger partial charge < -0.3 is 15.5 Å². The first-order valence-corrected chi connectivity index (χ1v) is 6.53. The van der Waals surface area contributed by atoms with Crippen LogP contribution in [0.2, 0.25) is 0 Å². The number of nitrogens with zero attached hydrogens (tertiary/aromatic N) is 4. The number of aromatic nitrogens is 2. The summed E-state index contributed by atoms with van der Waals surface area (Å²) in [6, 6.07) is 2.38. The van der Waals surface area contributed by atoms with Crippen molar-refractivity contribution in [1.82, 2.24) is 15.1 Å². The predicted molar refractivity (Wildman–Crippen MR) is 76.8 cm³/mol. The summed E-state index contributed by atoms with van der Waals surface area (Å²) in [7, 11) is 4.22. The quantitative estimate of drug-likeness (QED) is 0.810. The summed E-state index contributed by atoms with van der Waals surface area (Å²) in [5, 5.41) is 8.16. The lowest BCUT2D eigenvalue weighted by Crippen LogP contribution is -2.46. The summed E-state index contributed by atoms with van der Waals surface area (Å²) in [4.78, 5) is 4.87. The molecule has 2 N–H and O–H groups in total. The molecule has 1 aliphatic rings. The van der Waals surface area contributed by atoms with Crippen LogP contribution in [0.25, 0.3) is 0 Å². The maximum atomic E-state index is 5.74. The number of nitrogens with two attached hydrogens (primary N) is 1. The molecule has 1 atom stereocenters. The van der Waals surface area contributed by atoms with Crippen LogP contribution in [0, 0.1) is 0 Å². The summed E-state index contributed by atoms with van der Waals surface area (Å²) < 4.78 is 0. The normalized spacial score (nSPS) is 20.2. The van der Waals surface area contributed by atoms with Gasteiger partial charge in [-0.05, 0) is 33.0 Å².